The van der Waals surface area contributed by atoms with Crippen molar-refractivity contribution in [3.8, 4) is 11.4 Å². The lowest BCUT2D eigenvalue weighted by molar-refractivity contribution is 0.102. The quantitative estimate of drug-likeness (QED) is 0.709. The van der Waals surface area contributed by atoms with Gasteiger partial charge in [-0.1, -0.05) is 18.6 Å². The van der Waals surface area contributed by atoms with Gasteiger partial charge in [0.1, 0.15) is 5.82 Å². The molecule has 7 heteroatoms. The molecule has 0 spiro atoms. The molecular formula is C22H24N4O2S. The van der Waals surface area contributed by atoms with Crippen LogP contribution in [0.15, 0.2) is 47.4 Å². The number of hydrogen-bond acceptors (Lipinski definition) is 4. The second kappa shape index (κ2) is 8.29. The van der Waals surface area contributed by atoms with Crippen LogP contribution in [0.25, 0.3) is 11.4 Å². The van der Waals surface area contributed by atoms with Crippen molar-refractivity contribution in [1.29, 1.82) is 0 Å². The smallest absolute Gasteiger partial charge is 0.255 e. The highest BCUT2D eigenvalue weighted by atomic mass is 32.2. The van der Waals surface area contributed by atoms with E-state index in [-0.39, 0.29) is 5.91 Å². The summed E-state index contributed by atoms with van der Waals surface area (Å²) >= 11 is 0. The highest BCUT2D eigenvalue weighted by molar-refractivity contribution is 7.84. The van der Waals surface area contributed by atoms with Crippen LogP contribution in [0.1, 0.15) is 41.0 Å². The molecule has 3 aromatic rings. The number of aromatic nitrogens is 3. The molecule has 0 fully saturated rings. The minimum absolute atomic E-state index is 0.196. The fourth-order valence-corrected chi connectivity index (χ4v) is 4.11. The Kier molecular flexibility index (Phi) is 5.58. The Labute approximate surface area is 172 Å². The normalized spacial score (nSPS) is 14.7. The molecule has 1 aromatic heterocycles. The van der Waals surface area contributed by atoms with Gasteiger partial charge in [-0.05, 0) is 55.7 Å². The molecule has 1 aliphatic heterocycles. The molecule has 6 nitrogen and oxygen atoms in total. The molecule has 0 aliphatic carbocycles. The summed E-state index contributed by atoms with van der Waals surface area (Å²) in [6.45, 7) is 2.89. The number of amides is 1. The molecular weight excluding hydrogens is 384 g/mol. The van der Waals surface area contributed by atoms with E-state index in [4.69, 9.17) is 0 Å². The van der Waals surface area contributed by atoms with Crippen LogP contribution in [0.4, 0.5) is 5.69 Å². The van der Waals surface area contributed by atoms with E-state index in [1.807, 2.05) is 25.1 Å². The Bertz CT molecular complexity index is 1070. The summed E-state index contributed by atoms with van der Waals surface area (Å²) in [5.41, 5.74) is 3.20. The minimum Gasteiger partial charge on any atom is -0.322 e. The van der Waals surface area contributed by atoms with Gasteiger partial charge in [0.05, 0.1) is 0 Å². The molecule has 4 rings (SSSR count). The van der Waals surface area contributed by atoms with Gasteiger partial charge >= 0.3 is 0 Å². The average Bonchev–Trinajstić information content (AvgIpc) is 2.97. The predicted octanol–water partition coefficient (Wildman–Crippen LogP) is 3.97. The topological polar surface area (TPSA) is 76.9 Å². The van der Waals surface area contributed by atoms with Crippen LogP contribution in [0, 0.1) is 6.92 Å². The SMILES string of the molecule is Cc1ccc(-c2nnc3n2CCCCC3)cc1NC(=O)c1ccc(S(C)=O)cc1. The fraction of sp³-hybridized carbons (Fsp3) is 0.318. The van der Waals surface area contributed by atoms with Crippen LogP contribution in [0.2, 0.25) is 0 Å². The molecule has 150 valence electrons. The van der Waals surface area contributed by atoms with E-state index in [0.29, 0.717) is 10.5 Å². The first-order valence-corrected chi connectivity index (χ1v) is 11.4. The summed E-state index contributed by atoms with van der Waals surface area (Å²) in [5.74, 6) is 1.70. The van der Waals surface area contributed by atoms with Crippen LogP contribution in [-0.4, -0.2) is 31.1 Å². The van der Waals surface area contributed by atoms with E-state index < -0.39 is 10.8 Å². The first-order chi connectivity index (χ1) is 14.0. The van der Waals surface area contributed by atoms with Gasteiger partial charge in [0.25, 0.3) is 5.91 Å². The number of nitrogens with one attached hydrogen (secondary N) is 1. The van der Waals surface area contributed by atoms with Crippen LogP contribution >= 0.6 is 0 Å². The Morgan fingerprint density at radius 2 is 1.86 bits per heavy atom. The lowest BCUT2D eigenvalue weighted by Crippen LogP contribution is -2.13. The van der Waals surface area contributed by atoms with Gasteiger partial charge in [-0.25, -0.2) is 0 Å². The Morgan fingerprint density at radius 3 is 2.62 bits per heavy atom. The summed E-state index contributed by atoms with van der Waals surface area (Å²) in [7, 11) is -1.06. The maximum Gasteiger partial charge on any atom is 0.255 e. The van der Waals surface area contributed by atoms with Gasteiger partial charge in [-0.2, -0.15) is 0 Å². The number of hydrogen-bond donors (Lipinski definition) is 1. The highest BCUT2D eigenvalue weighted by Gasteiger charge is 2.17. The standard InChI is InChI=1S/C22H24N4O2S/c1-15-7-8-17(21-25-24-20-6-4-3-5-13-26(20)21)14-19(15)23-22(27)16-9-11-18(12-10-16)29(2)28/h7-12,14H,3-6,13H2,1-2H3,(H,23,27). The molecule has 1 amide bonds. The highest BCUT2D eigenvalue weighted by Crippen LogP contribution is 2.27. The van der Waals surface area contributed by atoms with Crippen LogP contribution in [0.5, 0.6) is 0 Å². The van der Waals surface area contributed by atoms with Crippen molar-refractivity contribution in [3.63, 3.8) is 0 Å². The molecule has 0 saturated carbocycles. The predicted molar refractivity (Wildman–Crippen MR) is 114 cm³/mol. The zero-order valence-electron chi connectivity index (χ0n) is 16.6. The van der Waals surface area contributed by atoms with E-state index in [2.05, 4.69) is 20.1 Å². The first-order valence-electron chi connectivity index (χ1n) is 9.81. The zero-order valence-corrected chi connectivity index (χ0v) is 17.5. The second-order valence-electron chi connectivity index (χ2n) is 7.36. The summed E-state index contributed by atoms with van der Waals surface area (Å²) in [4.78, 5) is 13.4. The van der Waals surface area contributed by atoms with Crippen molar-refractivity contribution >= 4 is 22.4 Å². The molecule has 0 radical (unpaired) electrons. The maximum absolute atomic E-state index is 12.7. The minimum atomic E-state index is -1.06. The largest absolute Gasteiger partial charge is 0.322 e. The second-order valence-corrected chi connectivity index (χ2v) is 8.74. The van der Waals surface area contributed by atoms with Gasteiger partial charge in [0, 0.05) is 51.7 Å². The monoisotopic (exact) mass is 408 g/mol. The van der Waals surface area contributed by atoms with Gasteiger partial charge in [-0.3, -0.25) is 9.00 Å². The van der Waals surface area contributed by atoms with Crippen molar-refractivity contribution < 1.29 is 9.00 Å². The summed E-state index contributed by atoms with van der Waals surface area (Å²) < 4.78 is 13.7. The van der Waals surface area contributed by atoms with Crippen molar-refractivity contribution in [2.45, 2.75) is 44.0 Å². The van der Waals surface area contributed by atoms with Crippen LogP contribution in [0.3, 0.4) is 0 Å². The number of carbonyl (C=O) groups is 1. The Hall–Kier alpha value is -2.80. The summed E-state index contributed by atoms with van der Waals surface area (Å²) in [6, 6.07) is 12.8. The number of fused-ring (bicyclic) bond motifs is 1. The van der Waals surface area contributed by atoms with Gasteiger partial charge in [0.2, 0.25) is 0 Å². The average molecular weight is 409 g/mol. The van der Waals surface area contributed by atoms with Crippen molar-refractivity contribution in [2.75, 3.05) is 11.6 Å². The summed E-state index contributed by atoms with van der Waals surface area (Å²) in [6.07, 6.45) is 6.07. The third-order valence-electron chi connectivity index (χ3n) is 5.30. The van der Waals surface area contributed by atoms with E-state index >= 15 is 0 Å². The number of rotatable bonds is 4. The molecule has 2 aromatic carbocycles. The Balaban J connectivity index is 1.60. The molecule has 1 unspecified atom stereocenters. The third-order valence-corrected chi connectivity index (χ3v) is 6.24. The number of aryl methyl sites for hydroxylation is 2. The van der Waals surface area contributed by atoms with E-state index in [0.717, 1.165) is 54.3 Å². The van der Waals surface area contributed by atoms with Gasteiger partial charge in [-0.15, -0.1) is 10.2 Å². The fourth-order valence-electron chi connectivity index (χ4n) is 3.59. The number of nitrogens with zero attached hydrogens (tertiary/aromatic N) is 3. The maximum atomic E-state index is 12.7. The third kappa shape index (κ3) is 4.15. The summed E-state index contributed by atoms with van der Waals surface area (Å²) in [5, 5.41) is 11.8. The zero-order chi connectivity index (χ0) is 20.4. The Morgan fingerprint density at radius 1 is 1.07 bits per heavy atom. The van der Waals surface area contributed by atoms with E-state index in [1.54, 1.807) is 30.5 Å². The van der Waals surface area contributed by atoms with Gasteiger partial charge < -0.3 is 9.88 Å². The number of carbonyl (C=O) groups excluding carboxylic acids is 1. The molecule has 29 heavy (non-hydrogen) atoms. The molecule has 1 atom stereocenters. The van der Waals surface area contributed by atoms with Crippen LogP contribution in [-0.2, 0) is 23.8 Å². The first kappa shape index (κ1) is 19.5. The molecule has 2 heterocycles. The molecule has 0 saturated heterocycles. The van der Waals surface area contributed by atoms with Crippen molar-refractivity contribution in [1.82, 2.24) is 14.8 Å². The van der Waals surface area contributed by atoms with Crippen molar-refractivity contribution in [2.24, 2.45) is 0 Å². The van der Waals surface area contributed by atoms with Crippen LogP contribution < -0.4 is 5.32 Å². The van der Waals surface area contributed by atoms with E-state index in [1.165, 1.54) is 6.42 Å². The van der Waals surface area contributed by atoms with E-state index in [9.17, 15) is 9.00 Å². The van der Waals surface area contributed by atoms with Crippen molar-refractivity contribution in [3.05, 3.63) is 59.4 Å². The number of benzene rings is 2. The molecule has 0 bridgehead atoms. The lowest BCUT2D eigenvalue weighted by atomic mass is 10.1. The molecule has 1 N–H and O–H groups in total. The number of anilines is 1. The van der Waals surface area contributed by atoms with Gasteiger partial charge in [0.15, 0.2) is 5.82 Å². The lowest BCUT2D eigenvalue weighted by Gasteiger charge is -2.12. The molecule has 1 aliphatic rings.